The number of carbonyl (C=O) groups is 3. The van der Waals surface area contributed by atoms with Gasteiger partial charge < -0.3 is 20.5 Å². The summed E-state index contributed by atoms with van der Waals surface area (Å²) in [5.74, 6) is -3.22. The molecule has 3 atom stereocenters. The maximum absolute atomic E-state index is 14.1. The topological polar surface area (TPSA) is 110 Å². The Bertz CT molecular complexity index is 1270. The van der Waals surface area contributed by atoms with Gasteiger partial charge in [-0.25, -0.2) is 4.39 Å². The van der Waals surface area contributed by atoms with Crippen LogP contribution in [0, 0.1) is 17.7 Å². The van der Waals surface area contributed by atoms with E-state index in [4.69, 9.17) is 10.5 Å². The van der Waals surface area contributed by atoms with Gasteiger partial charge in [-0.1, -0.05) is 31.2 Å². The number of halogens is 1. The lowest BCUT2D eigenvalue weighted by Gasteiger charge is -2.38. The molecule has 3 N–H and O–H groups in total. The summed E-state index contributed by atoms with van der Waals surface area (Å²) < 4.78 is 20.0. The summed E-state index contributed by atoms with van der Waals surface area (Å²) in [4.78, 5) is 40.5. The molecular weight excluding hydrogens is 427 g/mol. The fraction of sp³-hybridized carbons (Fsp3) is 0.240. The quantitative estimate of drug-likeness (QED) is 0.720. The number of hydrogen-bond acceptors (Lipinski definition) is 6. The van der Waals surface area contributed by atoms with Gasteiger partial charge >= 0.3 is 0 Å². The molecule has 0 fully saturated rings. The highest BCUT2D eigenvalue weighted by atomic mass is 19.1. The molecule has 0 saturated carbocycles. The highest BCUT2D eigenvalue weighted by Gasteiger charge is 2.48. The maximum atomic E-state index is 14.1. The van der Waals surface area contributed by atoms with E-state index in [1.165, 1.54) is 24.3 Å². The van der Waals surface area contributed by atoms with Crippen molar-refractivity contribution in [3.8, 4) is 5.75 Å². The maximum Gasteiger partial charge on any atom is 0.248 e. The molecule has 1 amide bonds. The molecule has 1 aliphatic heterocycles. The first kappa shape index (κ1) is 20.9. The van der Waals surface area contributed by atoms with Crippen LogP contribution in [-0.4, -0.2) is 33.5 Å². The van der Waals surface area contributed by atoms with Crippen LogP contribution in [0.5, 0.6) is 5.75 Å². The Morgan fingerprint density at radius 3 is 2.73 bits per heavy atom. The van der Waals surface area contributed by atoms with Crippen molar-refractivity contribution in [2.24, 2.45) is 17.6 Å². The van der Waals surface area contributed by atoms with Crippen LogP contribution < -0.4 is 10.5 Å². The minimum absolute atomic E-state index is 0.0162. The first-order valence-electron chi connectivity index (χ1n) is 10.6. The van der Waals surface area contributed by atoms with Gasteiger partial charge in [0, 0.05) is 17.7 Å². The van der Waals surface area contributed by atoms with Gasteiger partial charge in [0.15, 0.2) is 5.76 Å². The molecule has 33 heavy (non-hydrogen) atoms. The number of nitrogens with two attached hydrogens (primary N) is 1. The van der Waals surface area contributed by atoms with Crippen LogP contribution in [0.1, 0.15) is 18.9 Å². The van der Waals surface area contributed by atoms with Crippen LogP contribution in [-0.2, 0) is 20.9 Å². The number of aliphatic hydroxyl groups excluding tert-OH is 1. The van der Waals surface area contributed by atoms with Gasteiger partial charge in [0.1, 0.15) is 23.0 Å². The fourth-order valence-electron chi connectivity index (χ4n) is 4.79. The van der Waals surface area contributed by atoms with E-state index in [2.05, 4.69) is 0 Å². The Hall–Kier alpha value is -3.94. The molecule has 0 saturated heterocycles. The number of aliphatic hydroxyl groups is 1. The molecule has 0 spiro atoms. The molecule has 8 heteroatoms. The average Bonchev–Trinajstić information content (AvgIpc) is 2.96. The highest BCUT2D eigenvalue weighted by Crippen LogP contribution is 2.43. The van der Waals surface area contributed by atoms with Crippen LogP contribution in [0.3, 0.4) is 0 Å². The van der Waals surface area contributed by atoms with E-state index in [9.17, 15) is 23.9 Å². The predicted octanol–water partition coefficient (Wildman–Crippen LogP) is 2.76. The molecule has 3 aliphatic carbocycles. The number of carbonyl (C=O) groups excluding carboxylic acids is 3. The summed E-state index contributed by atoms with van der Waals surface area (Å²) in [6, 6.07) is 3.55. The summed E-state index contributed by atoms with van der Waals surface area (Å²) in [6.45, 7) is 1.88. The summed E-state index contributed by atoms with van der Waals surface area (Å²) in [5.41, 5.74) is 6.22. The summed E-state index contributed by atoms with van der Waals surface area (Å²) in [6.07, 6.45) is 8.39. The van der Waals surface area contributed by atoms with E-state index in [1.54, 1.807) is 36.1 Å². The first-order valence-corrected chi connectivity index (χ1v) is 10.6. The van der Waals surface area contributed by atoms with Gasteiger partial charge in [-0.3, -0.25) is 14.4 Å². The molecule has 0 bridgehead atoms. The summed E-state index contributed by atoms with van der Waals surface area (Å²) >= 11 is 0. The van der Waals surface area contributed by atoms with Crippen LogP contribution >= 0.6 is 0 Å². The second kappa shape index (κ2) is 7.58. The Morgan fingerprint density at radius 1 is 1.24 bits per heavy atom. The fourth-order valence-corrected chi connectivity index (χ4v) is 4.79. The van der Waals surface area contributed by atoms with Gasteiger partial charge in [-0.15, -0.1) is 0 Å². The second-order valence-electron chi connectivity index (χ2n) is 8.53. The van der Waals surface area contributed by atoms with Gasteiger partial charge in [-0.05, 0) is 36.6 Å². The van der Waals surface area contributed by atoms with Crippen molar-refractivity contribution in [1.82, 2.24) is 4.90 Å². The molecule has 4 aliphatic rings. The normalized spacial score (nSPS) is 26.3. The third-order valence-electron chi connectivity index (χ3n) is 6.48. The van der Waals surface area contributed by atoms with Crippen molar-refractivity contribution < 1.29 is 28.6 Å². The zero-order chi connectivity index (χ0) is 23.4. The molecule has 7 nitrogen and oxygen atoms in total. The van der Waals surface area contributed by atoms with E-state index in [0.29, 0.717) is 17.6 Å². The van der Waals surface area contributed by atoms with E-state index in [1.807, 2.05) is 0 Å². The van der Waals surface area contributed by atoms with Gasteiger partial charge in [0.2, 0.25) is 17.5 Å². The molecule has 1 aromatic rings. The Kier molecular flexibility index (Phi) is 4.81. The predicted molar refractivity (Wildman–Crippen MR) is 116 cm³/mol. The summed E-state index contributed by atoms with van der Waals surface area (Å²) in [7, 11) is 0. The van der Waals surface area contributed by atoms with Crippen molar-refractivity contribution >= 4 is 17.5 Å². The van der Waals surface area contributed by atoms with E-state index < -0.39 is 35.3 Å². The molecule has 5 rings (SSSR count). The van der Waals surface area contributed by atoms with Crippen LogP contribution in [0.4, 0.5) is 4.39 Å². The molecule has 1 heterocycles. The largest absolute Gasteiger partial charge is 0.508 e. The van der Waals surface area contributed by atoms with E-state index in [0.717, 1.165) is 0 Å². The summed E-state index contributed by atoms with van der Waals surface area (Å²) in [5, 5.41) is 10.5. The minimum Gasteiger partial charge on any atom is -0.508 e. The van der Waals surface area contributed by atoms with E-state index in [-0.39, 0.29) is 41.0 Å². The molecule has 1 aromatic carbocycles. The van der Waals surface area contributed by atoms with Crippen molar-refractivity contribution in [3.63, 3.8) is 0 Å². The lowest BCUT2D eigenvalue weighted by molar-refractivity contribution is -0.126. The van der Waals surface area contributed by atoms with Gasteiger partial charge in [0.25, 0.3) is 0 Å². The second-order valence-corrected chi connectivity index (χ2v) is 8.53. The molecule has 0 radical (unpaired) electrons. The van der Waals surface area contributed by atoms with Crippen molar-refractivity contribution in [2.75, 3.05) is 0 Å². The SMILES string of the molecule is CC1C=CC(O)=C2C(=O)C3=C(Oc4ccc(F)cc4CN3C3C=CC(C(N)=O)=CC3)C(=O)C21. The molecule has 168 valence electrons. The number of Topliss-reactive ketones (excluding diaryl/α,β-unsaturated/α-hetero) is 2. The van der Waals surface area contributed by atoms with Gasteiger partial charge in [0.05, 0.1) is 17.5 Å². The van der Waals surface area contributed by atoms with Crippen molar-refractivity contribution in [1.29, 1.82) is 0 Å². The lowest BCUT2D eigenvalue weighted by atomic mass is 9.73. The monoisotopic (exact) mass is 448 g/mol. The first-order chi connectivity index (χ1) is 15.8. The molecular formula is C25H21FN2O5. The number of ether oxygens (including phenoxy) is 1. The number of primary amides is 1. The number of fused-ring (bicyclic) bond motifs is 2. The Labute approximate surface area is 189 Å². The number of allylic oxidation sites excluding steroid dienone is 4. The molecule has 3 unspecified atom stereocenters. The Morgan fingerprint density at radius 2 is 2.03 bits per heavy atom. The van der Waals surface area contributed by atoms with Crippen molar-refractivity contribution in [2.45, 2.75) is 25.9 Å². The zero-order valence-corrected chi connectivity index (χ0v) is 17.7. The lowest BCUT2D eigenvalue weighted by Crippen LogP contribution is -2.45. The van der Waals surface area contributed by atoms with Crippen molar-refractivity contribution in [3.05, 3.63) is 88.3 Å². The van der Waals surface area contributed by atoms with E-state index >= 15 is 0 Å². The number of benzene rings is 1. The Balaban J connectivity index is 1.67. The third kappa shape index (κ3) is 3.29. The third-order valence-corrected chi connectivity index (χ3v) is 6.48. The highest BCUT2D eigenvalue weighted by molar-refractivity contribution is 6.21. The number of amides is 1. The number of nitrogens with zero attached hydrogens (tertiary/aromatic N) is 1. The standard InChI is InChI=1S/C25H21FN2O5/c1-12-2-8-17(29)20-19(12)23(31)24-21(22(20)30)28(16-6-3-13(4-7-16)25(27)32)11-14-10-15(26)5-9-18(14)33-24/h2-6,8-10,12,16,19,29H,7,11H2,1H3,(H2,27,32). The molecule has 0 aromatic heterocycles. The number of ketones is 2. The van der Waals surface area contributed by atoms with Crippen LogP contribution in [0.25, 0.3) is 0 Å². The van der Waals surface area contributed by atoms with Crippen LogP contribution in [0.15, 0.2) is 76.9 Å². The van der Waals surface area contributed by atoms with Crippen LogP contribution in [0.2, 0.25) is 0 Å². The minimum atomic E-state index is -0.867. The number of hydrogen-bond donors (Lipinski definition) is 2. The smallest absolute Gasteiger partial charge is 0.248 e. The number of rotatable bonds is 2. The average molecular weight is 448 g/mol. The zero-order valence-electron chi connectivity index (χ0n) is 17.7. The van der Waals surface area contributed by atoms with Gasteiger partial charge in [-0.2, -0.15) is 0 Å².